The number of likely N-dealkylation sites (tertiary alicyclic amines) is 1. The number of hydrogen-bond donors (Lipinski definition) is 1. The first-order chi connectivity index (χ1) is 7.65. The molecule has 5 heteroatoms. The third-order valence-electron chi connectivity index (χ3n) is 3.09. The van der Waals surface area contributed by atoms with Gasteiger partial charge in [0.25, 0.3) is 5.91 Å². The highest BCUT2D eigenvalue weighted by Crippen LogP contribution is 2.17. The fraction of sp³-hybridized carbons (Fsp3) is 0.636. The number of aromatic nitrogens is 2. The lowest BCUT2D eigenvalue weighted by molar-refractivity contribution is 0.0504. The number of rotatable bonds is 3. The molecule has 16 heavy (non-hydrogen) atoms. The molecule has 0 atom stereocenters. The van der Waals surface area contributed by atoms with Gasteiger partial charge in [-0.15, -0.1) is 0 Å². The molecule has 0 aliphatic carbocycles. The summed E-state index contributed by atoms with van der Waals surface area (Å²) < 4.78 is 1.66. The van der Waals surface area contributed by atoms with Gasteiger partial charge in [0, 0.05) is 26.1 Å². The van der Waals surface area contributed by atoms with Crippen LogP contribution in [0.5, 0.6) is 0 Å². The highest BCUT2D eigenvalue weighted by Gasteiger charge is 2.31. The molecule has 2 rings (SSSR count). The molecule has 1 fully saturated rings. The van der Waals surface area contributed by atoms with E-state index in [0.717, 1.165) is 25.2 Å². The second-order valence-corrected chi connectivity index (χ2v) is 4.31. The van der Waals surface area contributed by atoms with Crippen LogP contribution in [0, 0.1) is 5.92 Å². The van der Waals surface area contributed by atoms with Crippen molar-refractivity contribution in [2.75, 3.05) is 19.6 Å². The lowest BCUT2D eigenvalue weighted by atomic mass is 10.00. The quantitative estimate of drug-likeness (QED) is 0.783. The Morgan fingerprint density at radius 2 is 2.31 bits per heavy atom. The first-order valence-corrected chi connectivity index (χ1v) is 5.68. The van der Waals surface area contributed by atoms with Crippen LogP contribution in [0.1, 0.15) is 23.1 Å². The maximum atomic E-state index is 12.1. The van der Waals surface area contributed by atoms with Crippen molar-refractivity contribution in [3.8, 4) is 0 Å². The van der Waals surface area contributed by atoms with Crippen LogP contribution in [0.2, 0.25) is 0 Å². The summed E-state index contributed by atoms with van der Waals surface area (Å²) in [6.07, 6.45) is 0.854. The molecule has 0 aromatic carbocycles. The second-order valence-electron chi connectivity index (χ2n) is 4.31. The topological polar surface area (TPSA) is 64.2 Å². The van der Waals surface area contributed by atoms with E-state index in [9.17, 15) is 4.79 Å². The number of nitrogens with two attached hydrogens (primary N) is 1. The van der Waals surface area contributed by atoms with Crippen LogP contribution in [0.4, 0.5) is 0 Å². The highest BCUT2D eigenvalue weighted by molar-refractivity contribution is 5.93. The van der Waals surface area contributed by atoms with E-state index in [2.05, 4.69) is 5.10 Å². The predicted molar refractivity (Wildman–Crippen MR) is 61.0 cm³/mol. The number of aryl methyl sites for hydroxylation is 2. The van der Waals surface area contributed by atoms with E-state index in [1.54, 1.807) is 4.68 Å². The van der Waals surface area contributed by atoms with Gasteiger partial charge in [0.05, 0.1) is 5.69 Å². The van der Waals surface area contributed by atoms with E-state index in [1.165, 1.54) is 0 Å². The Kier molecular flexibility index (Phi) is 2.96. The van der Waals surface area contributed by atoms with Crippen molar-refractivity contribution >= 4 is 5.91 Å². The van der Waals surface area contributed by atoms with Crippen LogP contribution in [0.3, 0.4) is 0 Å². The van der Waals surface area contributed by atoms with Crippen molar-refractivity contribution < 1.29 is 4.79 Å². The van der Waals surface area contributed by atoms with E-state index < -0.39 is 0 Å². The molecule has 88 valence electrons. The van der Waals surface area contributed by atoms with Crippen LogP contribution in [0.15, 0.2) is 6.07 Å². The van der Waals surface area contributed by atoms with Gasteiger partial charge in [0.15, 0.2) is 0 Å². The summed E-state index contributed by atoms with van der Waals surface area (Å²) in [5, 5.41) is 4.27. The van der Waals surface area contributed by atoms with Crippen molar-refractivity contribution in [3.05, 3.63) is 17.5 Å². The number of carbonyl (C=O) groups excluding carboxylic acids is 1. The molecule has 1 aromatic rings. The van der Waals surface area contributed by atoms with Gasteiger partial charge in [0.2, 0.25) is 0 Å². The average Bonchev–Trinajstić information content (AvgIpc) is 2.58. The zero-order valence-corrected chi connectivity index (χ0v) is 9.81. The normalized spacial score (nSPS) is 16.3. The number of hydrogen-bond acceptors (Lipinski definition) is 3. The smallest absolute Gasteiger partial charge is 0.272 e. The molecule has 0 radical (unpaired) electrons. The second kappa shape index (κ2) is 4.25. The van der Waals surface area contributed by atoms with Gasteiger partial charge in [-0.2, -0.15) is 5.10 Å². The predicted octanol–water partition coefficient (Wildman–Crippen LogP) is 0.0132. The molecular weight excluding hydrogens is 204 g/mol. The number of carbonyl (C=O) groups is 1. The van der Waals surface area contributed by atoms with Crippen LogP contribution >= 0.6 is 0 Å². The first kappa shape index (κ1) is 11.1. The maximum absolute atomic E-state index is 12.1. The molecule has 1 aliphatic heterocycles. The summed E-state index contributed by atoms with van der Waals surface area (Å²) in [5.41, 5.74) is 7.17. The summed E-state index contributed by atoms with van der Waals surface area (Å²) in [4.78, 5) is 13.9. The van der Waals surface area contributed by atoms with Gasteiger partial charge in [-0.25, -0.2) is 0 Å². The van der Waals surface area contributed by atoms with Gasteiger partial charge in [-0.3, -0.25) is 9.48 Å². The van der Waals surface area contributed by atoms with Crippen molar-refractivity contribution in [3.63, 3.8) is 0 Å². The molecule has 1 amide bonds. The average molecular weight is 222 g/mol. The van der Waals surface area contributed by atoms with Crippen molar-refractivity contribution in [1.29, 1.82) is 0 Å². The minimum Gasteiger partial charge on any atom is -0.337 e. The Morgan fingerprint density at radius 1 is 1.62 bits per heavy atom. The summed E-state index contributed by atoms with van der Waals surface area (Å²) in [7, 11) is 1.81. The molecule has 1 aromatic heterocycles. The number of nitrogens with zero attached hydrogens (tertiary/aromatic N) is 3. The third-order valence-corrected chi connectivity index (χ3v) is 3.09. The Balaban J connectivity index is 2.07. The van der Waals surface area contributed by atoms with Crippen molar-refractivity contribution in [2.24, 2.45) is 18.7 Å². The number of amides is 1. The zero-order valence-electron chi connectivity index (χ0n) is 9.81. The highest BCUT2D eigenvalue weighted by atomic mass is 16.2. The minimum atomic E-state index is 0.0689. The molecule has 5 nitrogen and oxygen atoms in total. The third kappa shape index (κ3) is 1.82. The maximum Gasteiger partial charge on any atom is 0.272 e. The van der Waals surface area contributed by atoms with Gasteiger partial charge in [-0.05, 0) is 19.0 Å². The van der Waals surface area contributed by atoms with Gasteiger partial charge in [-0.1, -0.05) is 6.92 Å². The van der Waals surface area contributed by atoms with Crippen molar-refractivity contribution in [1.82, 2.24) is 14.7 Å². The Bertz CT molecular complexity index is 393. The molecule has 1 saturated heterocycles. The summed E-state index contributed by atoms with van der Waals surface area (Å²) in [5.74, 6) is 0.544. The molecule has 2 heterocycles. The summed E-state index contributed by atoms with van der Waals surface area (Å²) in [6.45, 7) is 4.25. The fourth-order valence-corrected chi connectivity index (χ4v) is 1.95. The Hall–Kier alpha value is -1.36. The first-order valence-electron chi connectivity index (χ1n) is 5.68. The molecule has 2 N–H and O–H groups in total. The molecule has 0 bridgehead atoms. The monoisotopic (exact) mass is 222 g/mol. The molecular formula is C11H18N4O. The minimum absolute atomic E-state index is 0.0689. The Morgan fingerprint density at radius 3 is 2.81 bits per heavy atom. The molecule has 0 spiro atoms. The Labute approximate surface area is 95.2 Å². The molecule has 1 aliphatic rings. The van der Waals surface area contributed by atoms with Crippen LogP contribution in [-0.4, -0.2) is 40.2 Å². The van der Waals surface area contributed by atoms with Crippen molar-refractivity contribution in [2.45, 2.75) is 13.3 Å². The van der Waals surface area contributed by atoms with Gasteiger partial charge < -0.3 is 10.6 Å². The van der Waals surface area contributed by atoms with Gasteiger partial charge >= 0.3 is 0 Å². The van der Waals surface area contributed by atoms with Crippen LogP contribution in [-0.2, 0) is 13.5 Å². The summed E-state index contributed by atoms with van der Waals surface area (Å²) >= 11 is 0. The fourth-order valence-electron chi connectivity index (χ4n) is 1.95. The van der Waals surface area contributed by atoms with Crippen LogP contribution in [0.25, 0.3) is 0 Å². The van der Waals surface area contributed by atoms with Crippen LogP contribution < -0.4 is 5.73 Å². The van der Waals surface area contributed by atoms with E-state index in [1.807, 2.05) is 24.9 Å². The van der Waals surface area contributed by atoms with Gasteiger partial charge in [0.1, 0.15) is 5.69 Å². The largest absolute Gasteiger partial charge is 0.337 e. The van der Waals surface area contributed by atoms with E-state index in [4.69, 9.17) is 5.73 Å². The molecule has 0 saturated carbocycles. The molecule has 0 unspecified atom stereocenters. The lowest BCUT2D eigenvalue weighted by Gasteiger charge is -2.38. The zero-order chi connectivity index (χ0) is 11.7. The SMILES string of the molecule is CCc1cc(C(=O)N2CC(CN)C2)n(C)n1. The van der Waals surface area contributed by atoms with E-state index in [-0.39, 0.29) is 5.91 Å². The lowest BCUT2D eigenvalue weighted by Crippen LogP contribution is -2.52. The standard InChI is InChI=1S/C11H18N4O/c1-3-9-4-10(14(2)13-9)11(16)15-6-8(5-12)7-15/h4,8H,3,5-7,12H2,1-2H3. The van der Waals surface area contributed by atoms with E-state index in [0.29, 0.717) is 18.2 Å². The van der Waals surface area contributed by atoms with E-state index >= 15 is 0 Å². The summed E-state index contributed by atoms with van der Waals surface area (Å²) in [6, 6.07) is 1.87.